The van der Waals surface area contributed by atoms with Crippen molar-refractivity contribution in [2.45, 2.75) is 44.6 Å². The number of rotatable bonds is 7. The first kappa shape index (κ1) is 17.9. The molecule has 1 aliphatic rings. The number of methoxy groups -OCH3 is 2. The molecule has 0 heterocycles. The van der Waals surface area contributed by atoms with E-state index in [-0.39, 0.29) is 6.04 Å². The summed E-state index contributed by atoms with van der Waals surface area (Å²) in [5.74, 6) is -0.998. The summed E-state index contributed by atoms with van der Waals surface area (Å²) < 4.78 is 9.96. The Hall–Kier alpha value is -1.14. The average molecular weight is 300 g/mol. The fourth-order valence-corrected chi connectivity index (χ4v) is 2.53. The Labute approximate surface area is 127 Å². The van der Waals surface area contributed by atoms with Gasteiger partial charge in [-0.15, -0.1) is 0 Å². The number of nitrogens with zero attached hydrogens (tertiary/aromatic N) is 1. The summed E-state index contributed by atoms with van der Waals surface area (Å²) >= 11 is 0. The lowest BCUT2D eigenvalue weighted by molar-refractivity contribution is -0.147. The third-order valence-corrected chi connectivity index (χ3v) is 3.80. The maximum Gasteiger partial charge on any atom is 0.312 e. The molecule has 0 aliphatic heterocycles. The number of amides is 2. The van der Waals surface area contributed by atoms with Crippen molar-refractivity contribution in [1.82, 2.24) is 10.2 Å². The number of carbonyl (C=O) groups is 2. The van der Waals surface area contributed by atoms with Gasteiger partial charge in [0.1, 0.15) is 0 Å². The van der Waals surface area contributed by atoms with E-state index in [0.29, 0.717) is 26.3 Å². The summed E-state index contributed by atoms with van der Waals surface area (Å²) in [6, 6.07) is 0.135. The third-order valence-electron chi connectivity index (χ3n) is 3.80. The summed E-state index contributed by atoms with van der Waals surface area (Å²) in [6.07, 6.45) is 6.61. The van der Waals surface area contributed by atoms with Crippen LogP contribution in [0.4, 0.5) is 0 Å². The number of ether oxygens (including phenoxy) is 2. The second kappa shape index (κ2) is 10.6. The zero-order valence-corrected chi connectivity index (χ0v) is 13.2. The molecule has 0 aromatic heterocycles. The summed E-state index contributed by atoms with van der Waals surface area (Å²) in [4.78, 5) is 25.8. The Morgan fingerprint density at radius 1 is 1.00 bits per heavy atom. The van der Waals surface area contributed by atoms with E-state index in [2.05, 4.69) is 5.32 Å². The van der Waals surface area contributed by atoms with E-state index in [0.717, 1.165) is 25.7 Å². The summed E-state index contributed by atoms with van der Waals surface area (Å²) in [7, 11) is 3.15. The van der Waals surface area contributed by atoms with Gasteiger partial charge in [0.15, 0.2) is 0 Å². The van der Waals surface area contributed by atoms with Crippen LogP contribution in [0.3, 0.4) is 0 Å². The Morgan fingerprint density at radius 2 is 1.52 bits per heavy atom. The van der Waals surface area contributed by atoms with Crippen molar-refractivity contribution < 1.29 is 19.1 Å². The van der Waals surface area contributed by atoms with E-state index >= 15 is 0 Å². The van der Waals surface area contributed by atoms with Crippen LogP contribution in [-0.2, 0) is 19.1 Å². The van der Waals surface area contributed by atoms with Gasteiger partial charge in [0.05, 0.1) is 13.2 Å². The fourth-order valence-electron chi connectivity index (χ4n) is 2.53. The molecule has 1 rings (SSSR count). The molecule has 1 aliphatic carbocycles. The quantitative estimate of drug-likeness (QED) is 0.561. The molecule has 6 nitrogen and oxygen atoms in total. The van der Waals surface area contributed by atoms with E-state index in [9.17, 15) is 9.59 Å². The highest BCUT2D eigenvalue weighted by Gasteiger charge is 2.24. The van der Waals surface area contributed by atoms with Gasteiger partial charge in [-0.1, -0.05) is 25.7 Å². The van der Waals surface area contributed by atoms with Crippen LogP contribution in [-0.4, -0.2) is 63.3 Å². The topological polar surface area (TPSA) is 67.9 Å². The lowest BCUT2D eigenvalue weighted by atomic mass is 10.1. The van der Waals surface area contributed by atoms with Crippen LogP contribution >= 0.6 is 0 Å². The molecule has 1 saturated carbocycles. The first-order valence-electron chi connectivity index (χ1n) is 7.76. The smallest absolute Gasteiger partial charge is 0.312 e. The van der Waals surface area contributed by atoms with E-state index in [1.165, 1.54) is 17.7 Å². The maximum absolute atomic E-state index is 12.2. The minimum Gasteiger partial charge on any atom is -0.383 e. The van der Waals surface area contributed by atoms with Crippen LogP contribution in [0.1, 0.15) is 38.5 Å². The lowest BCUT2D eigenvalue weighted by Gasteiger charge is -2.23. The van der Waals surface area contributed by atoms with Crippen LogP contribution in [0.2, 0.25) is 0 Å². The van der Waals surface area contributed by atoms with E-state index in [1.807, 2.05) is 0 Å². The molecular formula is C15H28N2O4. The molecule has 122 valence electrons. The summed E-state index contributed by atoms with van der Waals surface area (Å²) in [6.45, 7) is 1.62. The monoisotopic (exact) mass is 300 g/mol. The molecule has 1 N–H and O–H groups in total. The second-order valence-corrected chi connectivity index (χ2v) is 5.44. The minimum atomic E-state index is -0.505. The Kier molecular flexibility index (Phi) is 9.01. The predicted octanol–water partition coefficient (Wildman–Crippen LogP) is 0.947. The zero-order chi connectivity index (χ0) is 15.5. The third kappa shape index (κ3) is 6.91. The fraction of sp³-hybridized carbons (Fsp3) is 0.867. The molecule has 0 bridgehead atoms. The highest BCUT2D eigenvalue weighted by Crippen LogP contribution is 2.17. The Morgan fingerprint density at radius 3 is 2.00 bits per heavy atom. The van der Waals surface area contributed by atoms with E-state index < -0.39 is 11.8 Å². The average Bonchev–Trinajstić information content (AvgIpc) is 2.75. The van der Waals surface area contributed by atoms with Gasteiger partial charge >= 0.3 is 11.8 Å². The van der Waals surface area contributed by atoms with Gasteiger partial charge in [-0.05, 0) is 12.8 Å². The standard InChI is InChI=1S/C15H28N2O4/c1-20-11-9-17(10-12-21-2)15(19)14(18)16-13-7-5-3-4-6-8-13/h13H,3-12H2,1-2H3,(H,16,18). The highest BCUT2D eigenvalue weighted by molar-refractivity contribution is 6.35. The van der Waals surface area contributed by atoms with Crippen LogP contribution in [0.5, 0.6) is 0 Å². The van der Waals surface area contributed by atoms with Gasteiger partial charge in [-0.3, -0.25) is 9.59 Å². The highest BCUT2D eigenvalue weighted by atomic mass is 16.5. The van der Waals surface area contributed by atoms with Gasteiger partial charge in [0.2, 0.25) is 0 Å². The molecule has 0 saturated heterocycles. The molecule has 0 spiro atoms. The molecule has 21 heavy (non-hydrogen) atoms. The first-order chi connectivity index (χ1) is 10.2. The lowest BCUT2D eigenvalue weighted by Crippen LogP contribution is -2.48. The zero-order valence-electron chi connectivity index (χ0n) is 13.2. The normalized spacial score (nSPS) is 16.3. The molecule has 6 heteroatoms. The van der Waals surface area contributed by atoms with Crippen molar-refractivity contribution in [3.8, 4) is 0 Å². The van der Waals surface area contributed by atoms with Crippen LogP contribution in [0, 0.1) is 0 Å². The van der Waals surface area contributed by atoms with Crippen molar-refractivity contribution in [1.29, 1.82) is 0 Å². The molecule has 0 atom stereocenters. The molecule has 0 unspecified atom stereocenters. The summed E-state index contributed by atoms with van der Waals surface area (Å²) in [5.41, 5.74) is 0. The van der Waals surface area contributed by atoms with Gasteiger partial charge in [-0.2, -0.15) is 0 Å². The molecule has 0 aromatic rings. The largest absolute Gasteiger partial charge is 0.383 e. The SMILES string of the molecule is COCCN(CCOC)C(=O)C(=O)NC1CCCCCC1. The predicted molar refractivity (Wildman–Crippen MR) is 80.0 cm³/mol. The van der Waals surface area contributed by atoms with Crippen LogP contribution in [0.25, 0.3) is 0 Å². The van der Waals surface area contributed by atoms with Crippen molar-refractivity contribution >= 4 is 11.8 Å². The van der Waals surface area contributed by atoms with Crippen LogP contribution < -0.4 is 5.32 Å². The van der Waals surface area contributed by atoms with Crippen molar-refractivity contribution in [2.75, 3.05) is 40.5 Å². The van der Waals surface area contributed by atoms with Gasteiger partial charge in [0.25, 0.3) is 0 Å². The van der Waals surface area contributed by atoms with E-state index in [4.69, 9.17) is 9.47 Å². The van der Waals surface area contributed by atoms with E-state index in [1.54, 1.807) is 14.2 Å². The van der Waals surface area contributed by atoms with Crippen LogP contribution in [0.15, 0.2) is 0 Å². The Balaban J connectivity index is 2.48. The minimum absolute atomic E-state index is 0.135. The molecular weight excluding hydrogens is 272 g/mol. The molecule has 0 radical (unpaired) electrons. The number of hydrogen-bond donors (Lipinski definition) is 1. The number of carbonyl (C=O) groups excluding carboxylic acids is 2. The molecule has 2 amide bonds. The Bertz CT molecular complexity index is 307. The van der Waals surface area contributed by atoms with Crippen molar-refractivity contribution in [3.05, 3.63) is 0 Å². The van der Waals surface area contributed by atoms with Crippen molar-refractivity contribution in [3.63, 3.8) is 0 Å². The van der Waals surface area contributed by atoms with Gasteiger partial charge < -0.3 is 19.7 Å². The second-order valence-electron chi connectivity index (χ2n) is 5.44. The number of hydrogen-bond acceptors (Lipinski definition) is 4. The molecule has 0 aromatic carbocycles. The summed E-state index contributed by atoms with van der Waals surface area (Å²) in [5, 5.41) is 2.88. The first-order valence-corrected chi connectivity index (χ1v) is 7.76. The number of nitrogens with one attached hydrogen (secondary N) is 1. The van der Waals surface area contributed by atoms with Gasteiger partial charge in [-0.25, -0.2) is 0 Å². The molecule has 1 fully saturated rings. The van der Waals surface area contributed by atoms with Crippen molar-refractivity contribution in [2.24, 2.45) is 0 Å². The van der Waals surface area contributed by atoms with Gasteiger partial charge in [0, 0.05) is 33.4 Å². The maximum atomic E-state index is 12.2.